The minimum Gasteiger partial charge on any atom is -0.398 e. The monoisotopic (exact) mass is 248 g/mol. The third kappa shape index (κ3) is 2.94. The molecule has 0 saturated carbocycles. The third-order valence-electron chi connectivity index (χ3n) is 2.61. The van der Waals surface area contributed by atoms with Crippen LogP contribution in [0.1, 0.15) is 23.4 Å². The van der Waals surface area contributed by atoms with Crippen molar-refractivity contribution >= 4 is 22.8 Å². The van der Waals surface area contributed by atoms with Crippen LogP contribution in [0.3, 0.4) is 0 Å². The SMILES string of the molecule is Cc1cnc(NCC(C)c2nccs2)cc1N. The van der Waals surface area contributed by atoms with Crippen LogP contribution in [0.2, 0.25) is 0 Å². The van der Waals surface area contributed by atoms with Gasteiger partial charge in [0, 0.05) is 42.0 Å². The van der Waals surface area contributed by atoms with Gasteiger partial charge in [0.05, 0.1) is 5.01 Å². The topological polar surface area (TPSA) is 63.8 Å². The average Bonchev–Trinajstić information content (AvgIpc) is 2.84. The number of nitrogen functional groups attached to an aromatic ring is 1. The summed E-state index contributed by atoms with van der Waals surface area (Å²) in [6.45, 7) is 4.90. The van der Waals surface area contributed by atoms with Crippen molar-refractivity contribution in [1.82, 2.24) is 9.97 Å². The van der Waals surface area contributed by atoms with E-state index in [0.29, 0.717) is 5.92 Å². The lowest BCUT2D eigenvalue weighted by atomic mass is 10.2. The molecule has 0 amide bonds. The van der Waals surface area contributed by atoms with Gasteiger partial charge in [-0.25, -0.2) is 9.97 Å². The first-order chi connectivity index (χ1) is 8.16. The van der Waals surface area contributed by atoms with Crippen LogP contribution in [0, 0.1) is 6.92 Å². The van der Waals surface area contributed by atoms with E-state index in [1.807, 2.05) is 24.6 Å². The molecule has 90 valence electrons. The maximum atomic E-state index is 5.83. The van der Waals surface area contributed by atoms with E-state index in [-0.39, 0.29) is 0 Å². The van der Waals surface area contributed by atoms with E-state index >= 15 is 0 Å². The predicted octanol–water partition coefficient (Wildman–Crippen LogP) is 2.64. The molecule has 2 rings (SSSR count). The second kappa shape index (κ2) is 5.14. The Bertz CT molecular complexity index is 481. The lowest BCUT2D eigenvalue weighted by molar-refractivity contribution is 0.792. The summed E-state index contributed by atoms with van der Waals surface area (Å²) in [6.07, 6.45) is 3.62. The van der Waals surface area contributed by atoms with E-state index in [2.05, 4.69) is 22.2 Å². The maximum Gasteiger partial charge on any atom is 0.127 e. The second-order valence-corrected chi connectivity index (χ2v) is 5.00. The van der Waals surface area contributed by atoms with Crippen molar-refractivity contribution in [3.63, 3.8) is 0 Å². The molecule has 0 aliphatic rings. The minimum absolute atomic E-state index is 0.374. The molecule has 0 fully saturated rings. The number of nitrogens with two attached hydrogens (primary N) is 1. The lowest BCUT2D eigenvalue weighted by Gasteiger charge is -2.11. The van der Waals surface area contributed by atoms with Crippen molar-refractivity contribution in [2.24, 2.45) is 0 Å². The molecule has 0 aliphatic heterocycles. The number of aryl methyl sites for hydroxylation is 1. The van der Waals surface area contributed by atoms with E-state index in [9.17, 15) is 0 Å². The summed E-state index contributed by atoms with van der Waals surface area (Å²) < 4.78 is 0. The van der Waals surface area contributed by atoms with Crippen molar-refractivity contribution in [3.05, 3.63) is 34.4 Å². The fourth-order valence-electron chi connectivity index (χ4n) is 1.46. The molecule has 5 heteroatoms. The van der Waals surface area contributed by atoms with Crippen molar-refractivity contribution in [2.75, 3.05) is 17.6 Å². The fraction of sp³-hybridized carbons (Fsp3) is 0.333. The van der Waals surface area contributed by atoms with Gasteiger partial charge >= 0.3 is 0 Å². The van der Waals surface area contributed by atoms with Gasteiger partial charge in [0.1, 0.15) is 5.82 Å². The minimum atomic E-state index is 0.374. The van der Waals surface area contributed by atoms with Gasteiger partial charge in [-0.15, -0.1) is 11.3 Å². The maximum absolute atomic E-state index is 5.83. The molecule has 2 aromatic heterocycles. The zero-order valence-electron chi connectivity index (χ0n) is 9.97. The van der Waals surface area contributed by atoms with E-state index in [4.69, 9.17) is 5.73 Å². The van der Waals surface area contributed by atoms with Crippen LogP contribution in [0.5, 0.6) is 0 Å². The molecule has 17 heavy (non-hydrogen) atoms. The Balaban J connectivity index is 1.96. The zero-order chi connectivity index (χ0) is 12.3. The Morgan fingerprint density at radius 1 is 1.47 bits per heavy atom. The number of hydrogen-bond donors (Lipinski definition) is 2. The van der Waals surface area contributed by atoms with Gasteiger partial charge in [-0.2, -0.15) is 0 Å². The van der Waals surface area contributed by atoms with Crippen LogP contribution in [-0.4, -0.2) is 16.5 Å². The quantitative estimate of drug-likeness (QED) is 0.873. The summed E-state index contributed by atoms with van der Waals surface area (Å²) in [4.78, 5) is 8.58. The molecule has 1 atom stereocenters. The molecule has 2 aromatic rings. The smallest absolute Gasteiger partial charge is 0.127 e. The molecule has 3 N–H and O–H groups in total. The summed E-state index contributed by atoms with van der Waals surface area (Å²) in [5.74, 6) is 1.19. The molecule has 0 saturated heterocycles. The molecule has 4 nitrogen and oxygen atoms in total. The highest BCUT2D eigenvalue weighted by Crippen LogP contribution is 2.19. The molecule has 1 unspecified atom stereocenters. The Morgan fingerprint density at radius 2 is 2.29 bits per heavy atom. The normalized spacial score (nSPS) is 12.4. The average molecular weight is 248 g/mol. The Kier molecular flexibility index (Phi) is 3.58. The van der Waals surface area contributed by atoms with E-state index in [1.165, 1.54) is 0 Å². The molecule has 2 heterocycles. The number of hydrogen-bond acceptors (Lipinski definition) is 5. The van der Waals surface area contributed by atoms with Crippen LogP contribution in [0.4, 0.5) is 11.5 Å². The number of aromatic nitrogens is 2. The Morgan fingerprint density at radius 3 is 2.94 bits per heavy atom. The summed E-state index contributed by atoms with van der Waals surface area (Å²) in [5, 5.41) is 6.41. The van der Waals surface area contributed by atoms with Gasteiger partial charge in [-0.3, -0.25) is 0 Å². The van der Waals surface area contributed by atoms with E-state index in [1.54, 1.807) is 17.5 Å². The zero-order valence-corrected chi connectivity index (χ0v) is 10.8. The molecule has 0 bridgehead atoms. The highest BCUT2D eigenvalue weighted by molar-refractivity contribution is 7.09. The highest BCUT2D eigenvalue weighted by Gasteiger charge is 2.08. The largest absolute Gasteiger partial charge is 0.398 e. The Hall–Kier alpha value is -1.62. The van der Waals surface area contributed by atoms with E-state index < -0.39 is 0 Å². The van der Waals surface area contributed by atoms with Gasteiger partial charge < -0.3 is 11.1 Å². The van der Waals surface area contributed by atoms with Crippen LogP contribution >= 0.6 is 11.3 Å². The Labute approximate surface area is 105 Å². The van der Waals surface area contributed by atoms with Gasteiger partial charge in [-0.05, 0) is 12.5 Å². The number of anilines is 2. The predicted molar refractivity (Wildman–Crippen MR) is 72.4 cm³/mol. The van der Waals surface area contributed by atoms with Gasteiger partial charge in [0.2, 0.25) is 0 Å². The fourth-order valence-corrected chi connectivity index (χ4v) is 2.16. The van der Waals surface area contributed by atoms with Crippen molar-refractivity contribution in [3.8, 4) is 0 Å². The first kappa shape index (κ1) is 11.9. The summed E-state index contributed by atoms with van der Waals surface area (Å²) in [7, 11) is 0. The van der Waals surface area contributed by atoms with Gasteiger partial charge in [-0.1, -0.05) is 6.92 Å². The summed E-state index contributed by atoms with van der Waals surface area (Å²) >= 11 is 1.68. The number of nitrogens with one attached hydrogen (secondary N) is 1. The van der Waals surface area contributed by atoms with Crippen LogP contribution < -0.4 is 11.1 Å². The lowest BCUT2D eigenvalue weighted by Crippen LogP contribution is -2.11. The molecular formula is C12H16N4S. The molecule has 0 radical (unpaired) electrons. The number of nitrogens with zero attached hydrogens (tertiary/aromatic N) is 2. The summed E-state index contributed by atoms with van der Waals surface area (Å²) in [6, 6.07) is 1.86. The van der Waals surface area contributed by atoms with Gasteiger partial charge in [0.25, 0.3) is 0 Å². The van der Waals surface area contributed by atoms with Crippen molar-refractivity contribution < 1.29 is 0 Å². The van der Waals surface area contributed by atoms with E-state index in [0.717, 1.165) is 28.6 Å². The van der Waals surface area contributed by atoms with Crippen LogP contribution in [0.25, 0.3) is 0 Å². The highest BCUT2D eigenvalue weighted by atomic mass is 32.1. The number of pyridine rings is 1. The van der Waals surface area contributed by atoms with Crippen molar-refractivity contribution in [1.29, 1.82) is 0 Å². The molecular weight excluding hydrogens is 232 g/mol. The molecule has 0 spiro atoms. The number of thiazole rings is 1. The summed E-state index contributed by atoms with van der Waals surface area (Å²) in [5.41, 5.74) is 7.60. The van der Waals surface area contributed by atoms with Crippen LogP contribution in [-0.2, 0) is 0 Å². The first-order valence-electron chi connectivity index (χ1n) is 5.52. The standard InChI is InChI=1S/C12H16N4S/c1-8-6-15-11(5-10(8)13)16-7-9(2)12-14-3-4-17-12/h3-6,9H,7H2,1-2H3,(H3,13,15,16). The number of rotatable bonds is 4. The first-order valence-corrected chi connectivity index (χ1v) is 6.40. The molecule has 0 aromatic carbocycles. The van der Waals surface area contributed by atoms with Gasteiger partial charge in [0.15, 0.2) is 0 Å². The van der Waals surface area contributed by atoms with Crippen LogP contribution in [0.15, 0.2) is 23.8 Å². The second-order valence-electron chi connectivity index (χ2n) is 4.08. The van der Waals surface area contributed by atoms with Crippen molar-refractivity contribution in [2.45, 2.75) is 19.8 Å². The molecule has 0 aliphatic carbocycles. The third-order valence-corrected chi connectivity index (χ3v) is 3.61.